The van der Waals surface area contributed by atoms with Crippen LogP contribution in [0.2, 0.25) is 0 Å². The lowest BCUT2D eigenvalue weighted by atomic mass is 9.88. The lowest BCUT2D eigenvalue weighted by molar-refractivity contribution is -0.144. The number of alkyl halides is 1. The number of benzene rings is 1. The normalized spacial score (nSPS) is 27.1. The molecule has 0 saturated carbocycles. The van der Waals surface area contributed by atoms with E-state index in [1.54, 1.807) is 30.4 Å². The van der Waals surface area contributed by atoms with E-state index in [1.165, 1.54) is 24.5 Å². The number of phenolic OH excluding ortho intramolecular Hbond substituents is 1. The summed E-state index contributed by atoms with van der Waals surface area (Å²) < 4.78 is 16.1. The molecule has 1 aliphatic heterocycles. The van der Waals surface area contributed by atoms with E-state index in [1.807, 2.05) is 0 Å². The molecule has 3 rings (SSSR count). The van der Waals surface area contributed by atoms with Gasteiger partial charge in [-0.1, -0.05) is 29.8 Å². The molecule has 4 atom stereocenters. The molecule has 0 fully saturated rings. The summed E-state index contributed by atoms with van der Waals surface area (Å²) in [6.45, 7) is 0.0241. The molecular formula is C19H19ClO6. The number of halogens is 1. The number of fused-ring (bicyclic) bond motifs is 1. The molecule has 1 heterocycles. The third kappa shape index (κ3) is 4.27. The van der Waals surface area contributed by atoms with Crippen molar-refractivity contribution in [2.75, 3.05) is 12.7 Å². The standard InChI is InChI=1S/C19H19ClO6/c20-11-26-19-18-13(9-16(22)15(18)7-8-24-19)10-25-17(23)6-3-12-1-4-14(21)5-2-12/h1-9,15-16,18-19,21-22H,10-11H2/b6-3+/t15-,16+,18+,19-/m0/s1. The van der Waals surface area contributed by atoms with Crippen LogP contribution >= 0.6 is 11.6 Å². The van der Waals surface area contributed by atoms with Gasteiger partial charge in [0, 0.05) is 12.0 Å². The SMILES string of the molecule is O=C(/C=C/c1ccc(O)cc1)OCC1=C[C@@H](O)[C@@H]2C=CO[C@@H](OCCl)[C@H]12. The van der Waals surface area contributed by atoms with Gasteiger partial charge in [0.05, 0.1) is 18.3 Å². The fourth-order valence-electron chi connectivity index (χ4n) is 3.09. The number of aliphatic hydroxyl groups excluding tert-OH is 1. The highest BCUT2D eigenvalue weighted by molar-refractivity contribution is 6.17. The molecule has 0 radical (unpaired) electrons. The summed E-state index contributed by atoms with van der Waals surface area (Å²) in [6, 6.07) is 6.38. The maximum atomic E-state index is 11.9. The molecule has 1 aliphatic carbocycles. The van der Waals surface area contributed by atoms with Gasteiger partial charge in [-0.25, -0.2) is 4.79 Å². The number of rotatable bonds is 6. The summed E-state index contributed by atoms with van der Waals surface area (Å²) in [6.07, 6.45) is 6.49. The Bertz CT molecular complexity index is 724. The minimum absolute atomic E-state index is 0.0241. The highest BCUT2D eigenvalue weighted by Crippen LogP contribution is 2.40. The van der Waals surface area contributed by atoms with Crippen LogP contribution in [0, 0.1) is 11.8 Å². The van der Waals surface area contributed by atoms with Gasteiger partial charge in [0.25, 0.3) is 0 Å². The summed E-state index contributed by atoms with van der Waals surface area (Å²) >= 11 is 5.63. The number of aliphatic hydroxyl groups is 1. The van der Waals surface area contributed by atoms with Gasteiger partial charge in [0.1, 0.15) is 18.4 Å². The van der Waals surface area contributed by atoms with Gasteiger partial charge in [-0.3, -0.25) is 0 Å². The number of hydrogen-bond acceptors (Lipinski definition) is 6. The number of ether oxygens (including phenoxy) is 3. The van der Waals surface area contributed by atoms with Gasteiger partial charge in [0.15, 0.2) is 0 Å². The van der Waals surface area contributed by atoms with Crippen LogP contribution in [0.25, 0.3) is 6.08 Å². The van der Waals surface area contributed by atoms with E-state index in [2.05, 4.69) is 0 Å². The maximum absolute atomic E-state index is 11.9. The van der Waals surface area contributed by atoms with Crippen LogP contribution in [0.1, 0.15) is 5.56 Å². The quantitative estimate of drug-likeness (QED) is 0.342. The molecule has 7 heteroatoms. The van der Waals surface area contributed by atoms with Gasteiger partial charge in [-0.2, -0.15) is 0 Å². The smallest absolute Gasteiger partial charge is 0.331 e. The van der Waals surface area contributed by atoms with Crippen LogP contribution in [0.5, 0.6) is 5.75 Å². The Morgan fingerprint density at radius 2 is 2.08 bits per heavy atom. The molecule has 0 amide bonds. The Kier molecular flexibility index (Phi) is 5.98. The second kappa shape index (κ2) is 8.40. The van der Waals surface area contributed by atoms with E-state index in [0.717, 1.165) is 11.1 Å². The molecule has 138 valence electrons. The summed E-state index contributed by atoms with van der Waals surface area (Å²) in [7, 11) is 0. The molecule has 0 spiro atoms. The van der Waals surface area contributed by atoms with Crippen molar-refractivity contribution in [3.63, 3.8) is 0 Å². The number of carbonyl (C=O) groups is 1. The Balaban J connectivity index is 1.59. The van der Waals surface area contributed by atoms with Crippen LogP contribution in [-0.4, -0.2) is 41.2 Å². The summed E-state index contributed by atoms with van der Waals surface area (Å²) in [5.41, 5.74) is 1.49. The number of carbonyl (C=O) groups excluding carboxylic acids is 1. The van der Waals surface area contributed by atoms with Crippen LogP contribution in [0.15, 0.2) is 54.3 Å². The van der Waals surface area contributed by atoms with Crippen molar-refractivity contribution in [2.24, 2.45) is 11.8 Å². The van der Waals surface area contributed by atoms with Gasteiger partial charge < -0.3 is 24.4 Å². The van der Waals surface area contributed by atoms with Crippen molar-refractivity contribution in [1.82, 2.24) is 0 Å². The lowest BCUT2D eigenvalue weighted by Crippen LogP contribution is -2.36. The maximum Gasteiger partial charge on any atom is 0.331 e. The Morgan fingerprint density at radius 3 is 2.81 bits per heavy atom. The molecule has 0 saturated heterocycles. The third-order valence-electron chi connectivity index (χ3n) is 4.34. The van der Waals surface area contributed by atoms with Crippen molar-refractivity contribution in [1.29, 1.82) is 0 Å². The Morgan fingerprint density at radius 1 is 1.31 bits per heavy atom. The van der Waals surface area contributed by atoms with Crippen molar-refractivity contribution in [3.05, 3.63) is 59.9 Å². The minimum atomic E-state index is -0.692. The van der Waals surface area contributed by atoms with Gasteiger partial charge in [-0.15, -0.1) is 0 Å². The molecule has 6 nitrogen and oxygen atoms in total. The van der Waals surface area contributed by atoms with Gasteiger partial charge in [-0.05, 0) is 35.4 Å². The molecule has 2 aliphatic rings. The van der Waals surface area contributed by atoms with Crippen LogP contribution in [0.3, 0.4) is 0 Å². The van der Waals surface area contributed by atoms with E-state index in [9.17, 15) is 15.0 Å². The molecule has 26 heavy (non-hydrogen) atoms. The first-order chi connectivity index (χ1) is 12.6. The summed E-state index contributed by atoms with van der Waals surface area (Å²) in [5.74, 6) is -0.816. The van der Waals surface area contributed by atoms with Gasteiger partial charge in [0.2, 0.25) is 6.29 Å². The van der Waals surface area contributed by atoms with Crippen molar-refractivity contribution < 1.29 is 29.2 Å². The molecule has 0 unspecified atom stereocenters. The first kappa shape index (κ1) is 18.5. The highest BCUT2D eigenvalue weighted by atomic mass is 35.5. The summed E-state index contributed by atoms with van der Waals surface area (Å²) in [5, 5.41) is 19.4. The zero-order chi connectivity index (χ0) is 18.5. The average molecular weight is 379 g/mol. The van der Waals surface area contributed by atoms with Gasteiger partial charge >= 0.3 is 5.97 Å². The van der Waals surface area contributed by atoms with Crippen LogP contribution in [-0.2, 0) is 19.0 Å². The minimum Gasteiger partial charge on any atom is -0.508 e. The first-order valence-corrected chi connectivity index (χ1v) is 8.64. The predicted molar refractivity (Wildman–Crippen MR) is 95.0 cm³/mol. The van der Waals surface area contributed by atoms with E-state index >= 15 is 0 Å². The molecular weight excluding hydrogens is 360 g/mol. The monoisotopic (exact) mass is 378 g/mol. The number of aromatic hydroxyl groups is 1. The van der Waals surface area contributed by atoms with E-state index in [4.69, 9.17) is 25.8 Å². The molecule has 1 aromatic rings. The van der Waals surface area contributed by atoms with E-state index in [0.29, 0.717) is 0 Å². The molecule has 0 bridgehead atoms. The summed E-state index contributed by atoms with van der Waals surface area (Å²) in [4.78, 5) is 11.9. The lowest BCUT2D eigenvalue weighted by Gasteiger charge is -2.32. The zero-order valence-electron chi connectivity index (χ0n) is 13.8. The average Bonchev–Trinajstić information content (AvgIpc) is 2.97. The zero-order valence-corrected chi connectivity index (χ0v) is 14.6. The predicted octanol–water partition coefficient (Wildman–Crippen LogP) is 2.56. The fraction of sp³-hybridized carbons (Fsp3) is 0.316. The third-order valence-corrected chi connectivity index (χ3v) is 4.47. The fourth-order valence-corrected chi connectivity index (χ4v) is 3.21. The molecule has 0 aromatic heterocycles. The van der Waals surface area contributed by atoms with Crippen molar-refractivity contribution >= 4 is 23.6 Å². The topological polar surface area (TPSA) is 85.2 Å². The largest absolute Gasteiger partial charge is 0.508 e. The Labute approximate surface area is 155 Å². The van der Waals surface area contributed by atoms with E-state index in [-0.39, 0.29) is 30.3 Å². The van der Waals surface area contributed by atoms with Crippen molar-refractivity contribution in [2.45, 2.75) is 12.4 Å². The van der Waals surface area contributed by atoms with E-state index < -0.39 is 18.4 Å². The van der Waals surface area contributed by atoms with Crippen LogP contribution in [0.4, 0.5) is 0 Å². The Hall–Kier alpha value is -2.28. The second-order valence-electron chi connectivity index (χ2n) is 5.98. The number of phenols is 1. The number of hydrogen-bond donors (Lipinski definition) is 2. The van der Waals surface area contributed by atoms with Crippen molar-refractivity contribution in [3.8, 4) is 5.75 Å². The first-order valence-electron chi connectivity index (χ1n) is 8.10. The molecule has 1 aromatic carbocycles. The molecule has 2 N–H and O–H groups in total. The van der Waals surface area contributed by atoms with Crippen LogP contribution < -0.4 is 0 Å². The second-order valence-corrected chi connectivity index (χ2v) is 6.19. The number of esters is 1. The highest BCUT2D eigenvalue weighted by Gasteiger charge is 2.43.